The van der Waals surface area contributed by atoms with E-state index in [1.807, 2.05) is 4.58 Å². The maximum atomic E-state index is 10.3. The minimum Gasteiger partial charge on any atom is -0.202 e. The molecule has 0 spiro atoms. The summed E-state index contributed by atoms with van der Waals surface area (Å²) in [5, 5.41) is 0.571. The highest BCUT2D eigenvalue weighted by molar-refractivity contribution is 9.09. The number of sulfonamides is 1. The van der Waals surface area contributed by atoms with Crippen molar-refractivity contribution >= 4 is 26.0 Å². The largest absolute Gasteiger partial charge is 0.288 e. The van der Waals surface area contributed by atoms with Crippen LogP contribution in [-0.2, 0) is 10.0 Å². The Morgan fingerprint density at radius 2 is 2.00 bits per heavy atom. The number of rotatable bonds is 4. The Morgan fingerprint density at radius 3 is 2.33 bits per heavy atom. The van der Waals surface area contributed by atoms with Crippen molar-refractivity contribution in [3.63, 3.8) is 0 Å². The molecular formula is C3H6BrNO3S. The van der Waals surface area contributed by atoms with Gasteiger partial charge in [0.1, 0.15) is 0 Å². The molecule has 0 aromatic carbocycles. The molecule has 0 bridgehead atoms. The SMILES string of the molecule is O=NS(=O)(=O)CCCBr. The first kappa shape index (κ1) is 9.03. The zero-order valence-electron chi connectivity index (χ0n) is 4.58. The van der Waals surface area contributed by atoms with E-state index < -0.39 is 10.0 Å². The number of hydrogen-bond acceptors (Lipinski definition) is 3. The summed E-state index contributed by atoms with van der Waals surface area (Å²) in [6.07, 6.45) is 0.425. The van der Waals surface area contributed by atoms with Crippen LogP contribution < -0.4 is 0 Å². The molecule has 0 unspecified atom stereocenters. The van der Waals surface area contributed by atoms with E-state index in [0.717, 1.165) is 0 Å². The topological polar surface area (TPSA) is 63.6 Å². The molecule has 0 rings (SSSR count). The van der Waals surface area contributed by atoms with Crippen LogP contribution in [0, 0.1) is 4.91 Å². The maximum Gasteiger partial charge on any atom is 0.288 e. The van der Waals surface area contributed by atoms with Gasteiger partial charge in [0.15, 0.2) is 0 Å². The molecule has 6 heteroatoms. The zero-order chi connectivity index (χ0) is 7.33. The highest BCUT2D eigenvalue weighted by Gasteiger charge is 2.07. The van der Waals surface area contributed by atoms with Gasteiger partial charge in [0.2, 0.25) is 0 Å². The molecule has 0 aliphatic heterocycles. The van der Waals surface area contributed by atoms with Gasteiger partial charge in [0.25, 0.3) is 10.0 Å². The number of nitrogens with zero attached hydrogens (tertiary/aromatic N) is 1. The summed E-state index contributed by atoms with van der Waals surface area (Å²) in [7, 11) is -3.64. The molecule has 0 saturated heterocycles. The van der Waals surface area contributed by atoms with Crippen molar-refractivity contribution in [2.75, 3.05) is 11.1 Å². The van der Waals surface area contributed by atoms with Crippen LogP contribution in [0.5, 0.6) is 0 Å². The number of nitroso groups, excluding NO2 is 1. The first-order valence-corrected chi connectivity index (χ1v) is 4.99. The Morgan fingerprint density at radius 1 is 1.44 bits per heavy atom. The van der Waals surface area contributed by atoms with Gasteiger partial charge in [-0.25, -0.2) is 8.42 Å². The van der Waals surface area contributed by atoms with Crippen LogP contribution in [0.15, 0.2) is 4.58 Å². The van der Waals surface area contributed by atoms with E-state index in [0.29, 0.717) is 11.8 Å². The zero-order valence-corrected chi connectivity index (χ0v) is 6.98. The summed E-state index contributed by atoms with van der Waals surface area (Å²) in [5.74, 6) is -0.165. The lowest BCUT2D eigenvalue weighted by Crippen LogP contribution is -2.01. The van der Waals surface area contributed by atoms with Gasteiger partial charge in [-0.1, -0.05) is 15.9 Å². The van der Waals surface area contributed by atoms with E-state index in [4.69, 9.17) is 0 Å². The smallest absolute Gasteiger partial charge is 0.202 e. The van der Waals surface area contributed by atoms with E-state index >= 15 is 0 Å². The Hall–Kier alpha value is 0.0300. The summed E-state index contributed by atoms with van der Waals surface area (Å²) < 4.78 is 22.5. The van der Waals surface area contributed by atoms with Gasteiger partial charge in [0.05, 0.1) is 10.3 Å². The Bertz CT molecular complexity index is 175. The Balaban J connectivity index is 3.75. The average molecular weight is 216 g/mol. The van der Waals surface area contributed by atoms with Crippen molar-refractivity contribution in [3.8, 4) is 0 Å². The molecule has 0 radical (unpaired) electrons. The Labute approximate surface area is 61.8 Å². The minimum absolute atomic E-state index is 0.165. The van der Waals surface area contributed by atoms with E-state index in [9.17, 15) is 13.3 Å². The summed E-state index contributed by atoms with van der Waals surface area (Å²) in [6, 6.07) is 0. The molecule has 0 atom stereocenters. The molecule has 0 aromatic rings. The van der Waals surface area contributed by atoms with Crippen LogP contribution in [0.2, 0.25) is 0 Å². The second kappa shape index (κ2) is 3.94. The first-order valence-electron chi connectivity index (χ1n) is 2.25. The van der Waals surface area contributed by atoms with Crippen molar-refractivity contribution in [2.45, 2.75) is 6.42 Å². The highest BCUT2D eigenvalue weighted by Crippen LogP contribution is 1.96. The highest BCUT2D eigenvalue weighted by atomic mass is 79.9. The second-order valence-corrected chi connectivity index (χ2v) is 3.92. The van der Waals surface area contributed by atoms with Crippen LogP contribution in [-0.4, -0.2) is 19.5 Å². The van der Waals surface area contributed by atoms with E-state index in [-0.39, 0.29) is 5.75 Å². The summed E-state index contributed by atoms with van der Waals surface area (Å²) in [4.78, 5) is 9.48. The third-order valence-corrected chi connectivity index (χ3v) is 2.24. The van der Waals surface area contributed by atoms with Gasteiger partial charge < -0.3 is 0 Å². The molecular weight excluding hydrogens is 210 g/mol. The molecule has 0 amide bonds. The molecule has 0 aromatic heterocycles. The van der Waals surface area contributed by atoms with Gasteiger partial charge in [-0.05, 0) is 6.42 Å². The molecule has 0 fully saturated rings. The molecule has 54 valence electrons. The lowest BCUT2D eigenvalue weighted by Gasteiger charge is -1.88. The van der Waals surface area contributed by atoms with Crippen molar-refractivity contribution in [1.82, 2.24) is 0 Å². The van der Waals surface area contributed by atoms with Gasteiger partial charge in [-0.3, -0.25) is 0 Å². The van der Waals surface area contributed by atoms with Crippen molar-refractivity contribution < 1.29 is 8.42 Å². The predicted molar refractivity (Wildman–Crippen MR) is 38.0 cm³/mol. The molecule has 0 heterocycles. The molecule has 0 aliphatic rings. The summed E-state index contributed by atoms with van der Waals surface area (Å²) >= 11 is 3.02. The van der Waals surface area contributed by atoms with Crippen molar-refractivity contribution in [1.29, 1.82) is 0 Å². The van der Waals surface area contributed by atoms with Crippen LogP contribution in [0.1, 0.15) is 6.42 Å². The fraction of sp³-hybridized carbons (Fsp3) is 1.00. The standard InChI is InChI=1S/C3H6BrNO3S/c4-2-1-3-9(7,8)5-6/h1-3H2. The quantitative estimate of drug-likeness (QED) is 0.517. The number of alkyl halides is 1. The number of halogens is 1. The van der Waals surface area contributed by atoms with Crippen LogP contribution >= 0.6 is 15.9 Å². The Kier molecular flexibility index (Phi) is 3.96. The van der Waals surface area contributed by atoms with Gasteiger partial charge in [-0.15, -0.1) is 4.91 Å². The fourth-order valence-corrected chi connectivity index (χ4v) is 1.51. The molecule has 9 heavy (non-hydrogen) atoms. The number of hydrogen-bond donors (Lipinski definition) is 0. The van der Waals surface area contributed by atoms with Gasteiger partial charge in [0, 0.05) is 5.33 Å². The van der Waals surface area contributed by atoms with Gasteiger partial charge >= 0.3 is 0 Å². The average Bonchev–Trinajstić information content (AvgIpc) is 1.84. The van der Waals surface area contributed by atoms with Crippen LogP contribution in [0.25, 0.3) is 0 Å². The predicted octanol–water partition coefficient (Wildman–Crippen LogP) is 0.868. The normalized spacial score (nSPS) is 11.2. The first-order chi connectivity index (χ1) is 4.12. The van der Waals surface area contributed by atoms with Crippen molar-refractivity contribution in [3.05, 3.63) is 4.91 Å². The summed E-state index contributed by atoms with van der Waals surface area (Å²) in [5.41, 5.74) is 0. The third-order valence-electron chi connectivity index (χ3n) is 0.649. The van der Waals surface area contributed by atoms with Gasteiger partial charge in [-0.2, -0.15) is 0 Å². The minimum atomic E-state index is -3.64. The monoisotopic (exact) mass is 215 g/mol. The lowest BCUT2D eigenvalue weighted by atomic mass is 10.6. The van der Waals surface area contributed by atoms with Crippen molar-refractivity contribution in [2.24, 2.45) is 4.58 Å². The lowest BCUT2D eigenvalue weighted by molar-refractivity contribution is 0.596. The third kappa shape index (κ3) is 4.53. The van der Waals surface area contributed by atoms with E-state index in [2.05, 4.69) is 15.9 Å². The summed E-state index contributed by atoms with van der Waals surface area (Å²) in [6.45, 7) is 0. The van der Waals surface area contributed by atoms with E-state index in [1.54, 1.807) is 0 Å². The molecule has 0 aliphatic carbocycles. The van der Waals surface area contributed by atoms with E-state index in [1.165, 1.54) is 0 Å². The van der Waals surface area contributed by atoms with Crippen LogP contribution in [0.4, 0.5) is 0 Å². The van der Waals surface area contributed by atoms with Crippen LogP contribution in [0.3, 0.4) is 0 Å². The molecule has 0 N–H and O–H groups in total. The maximum absolute atomic E-state index is 10.3. The fourth-order valence-electron chi connectivity index (χ4n) is 0.274. The molecule has 0 saturated carbocycles. The molecule has 4 nitrogen and oxygen atoms in total. The second-order valence-electron chi connectivity index (χ2n) is 1.40.